The highest BCUT2D eigenvalue weighted by atomic mass is 16.4. The number of nitrogens with one attached hydrogen (secondary N) is 4. The zero-order chi connectivity index (χ0) is 22.1. The Hall–Kier alpha value is -2.98. The number of hydrogen-bond acceptors (Lipinski definition) is 6. The van der Waals surface area contributed by atoms with Crippen molar-refractivity contribution in [1.82, 2.24) is 21.3 Å². The number of carboxylic acids is 1. The van der Waals surface area contributed by atoms with Crippen LogP contribution in [0.4, 0.5) is 0 Å². The van der Waals surface area contributed by atoms with Gasteiger partial charge >= 0.3 is 5.97 Å². The molecule has 1 aromatic carbocycles. The minimum atomic E-state index is -1.35. The molecule has 0 aliphatic carbocycles. The number of benzene rings is 1. The fraction of sp³-hybridized carbons (Fsp3) is 0.500. The molecule has 1 fully saturated rings. The number of carbonyl (C=O) groups excluding carboxylic acids is 3. The highest BCUT2D eigenvalue weighted by Crippen LogP contribution is 2.06. The lowest BCUT2D eigenvalue weighted by Gasteiger charge is -2.22. The Balaban J connectivity index is 1.90. The molecule has 2 rings (SSSR count). The van der Waals surface area contributed by atoms with E-state index in [1.165, 1.54) is 6.92 Å². The summed E-state index contributed by atoms with van der Waals surface area (Å²) >= 11 is 0. The lowest BCUT2D eigenvalue weighted by molar-refractivity contribution is -0.142. The minimum absolute atomic E-state index is 0.0505. The molecule has 30 heavy (non-hydrogen) atoms. The van der Waals surface area contributed by atoms with Crippen LogP contribution in [0.2, 0.25) is 0 Å². The number of aliphatic hydroxyl groups excluding tert-OH is 1. The van der Waals surface area contributed by atoms with Crippen molar-refractivity contribution in [2.75, 3.05) is 13.2 Å². The highest BCUT2D eigenvalue weighted by molar-refractivity contribution is 5.94. The maximum atomic E-state index is 12.4. The lowest BCUT2D eigenvalue weighted by Crippen LogP contribution is -2.57. The van der Waals surface area contributed by atoms with E-state index >= 15 is 0 Å². The molecule has 1 heterocycles. The number of aliphatic carboxylic acids is 1. The quantitative estimate of drug-likeness (QED) is 0.270. The van der Waals surface area contributed by atoms with E-state index < -0.39 is 42.5 Å². The maximum Gasteiger partial charge on any atom is 0.326 e. The normalized spacial score (nSPS) is 18.7. The van der Waals surface area contributed by atoms with Crippen LogP contribution in [-0.2, 0) is 25.6 Å². The van der Waals surface area contributed by atoms with Crippen molar-refractivity contribution in [2.24, 2.45) is 0 Å². The summed E-state index contributed by atoms with van der Waals surface area (Å²) in [6.07, 6.45) is 1.60. The molecule has 4 atom stereocenters. The van der Waals surface area contributed by atoms with Crippen molar-refractivity contribution < 1.29 is 29.4 Å². The molecule has 0 aromatic heterocycles. The van der Waals surface area contributed by atoms with Crippen molar-refractivity contribution in [3.63, 3.8) is 0 Å². The van der Waals surface area contributed by atoms with Gasteiger partial charge in [-0.25, -0.2) is 4.79 Å². The summed E-state index contributed by atoms with van der Waals surface area (Å²) in [6.45, 7) is 1.48. The molecule has 164 valence electrons. The van der Waals surface area contributed by atoms with Crippen LogP contribution in [0, 0.1) is 0 Å². The van der Waals surface area contributed by atoms with E-state index in [1.807, 2.05) is 0 Å². The molecule has 1 aromatic rings. The van der Waals surface area contributed by atoms with E-state index in [1.54, 1.807) is 30.3 Å². The molecule has 1 aliphatic heterocycles. The van der Waals surface area contributed by atoms with Gasteiger partial charge in [0.25, 0.3) is 0 Å². The first kappa shape index (κ1) is 23.3. The Bertz CT molecular complexity index is 751. The molecule has 1 saturated heterocycles. The van der Waals surface area contributed by atoms with Crippen molar-refractivity contribution in [3.05, 3.63) is 35.9 Å². The molecule has 0 spiro atoms. The molecular weight excluding hydrogens is 392 g/mol. The van der Waals surface area contributed by atoms with Gasteiger partial charge in [-0.3, -0.25) is 14.4 Å². The third-order valence-electron chi connectivity index (χ3n) is 4.84. The van der Waals surface area contributed by atoms with Crippen molar-refractivity contribution in [1.29, 1.82) is 0 Å². The topological polar surface area (TPSA) is 157 Å². The van der Waals surface area contributed by atoms with Gasteiger partial charge in [-0.2, -0.15) is 0 Å². The summed E-state index contributed by atoms with van der Waals surface area (Å²) in [5.41, 5.74) is 0.714. The standard InChI is InChI=1S/C20H28N4O6/c1-12(22-18(27)14-8-5-9-21-14)17(26)24-16(11-25)19(28)23-15(20(29)30)10-13-6-3-2-4-7-13/h2-4,6-7,12,14-16,21,25H,5,8-11H2,1H3,(H,22,27)(H,23,28)(H,24,26)(H,29,30). The number of carbonyl (C=O) groups is 4. The fourth-order valence-electron chi connectivity index (χ4n) is 3.10. The smallest absolute Gasteiger partial charge is 0.326 e. The molecule has 0 radical (unpaired) electrons. The van der Waals surface area contributed by atoms with E-state index in [9.17, 15) is 29.4 Å². The van der Waals surface area contributed by atoms with Gasteiger partial charge in [0, 0.05) is 6.42 Å². The van der Waals surface area contributed by atoms with Gasteiger partial charge in [-0.05, 0) is 31.9 Å². The molecule has 0 saturated carbocycles. The lowest BCUT2D eigenvalue weighted by atomic mass is 10.1. The first-order valence-electron chi connectivity index (χ1n) is 9.84. The zero-order valence-corrected chi connectivity index (χ0v) is 16.8. The summed E-state index contributed by atoms with van der Waals surface area (Å²) in [5.74, 6) is -3.04. The fourth-order valence-corrected chi connectivity index (χ4v) is 3.10. The molecule has 1 aliphatic rings. The van der Waals surface area contributed by atoms with Gasteiger partial charge in [0.15, 0.2) is 0 Å². The number of amides is 3. The Morgan fingerprint density at radius 3 is 2.30 bits per heavy atom. The van der Waals surface area contributed by atoms with Crippen LogP contribution in [-0.4, -0.2) is 71.2 Å². The Morgan fingerprint density at radius 2 is 1.73 bits per heavy atom. The molecular formula is C20H28N4O6. The Morgan fingerprint density at radius 1 is 1.07 bits per heavy atom. The summed E-state index contributed by atoms with van der Waals surface area (Å²) < 4.78 is 0. The van der Waals surface area contributed by atoms with Gasteiger partial charge in [0.05, 0.1) is 12.6 Å². The summed E-state index contributed by atoms with van der Waals surface area (Å²) in [5, 5.41) is 29.2. The van der Waals surface area contributed by atoms with E-state index in [2.05, 4.69) is 21.3 Å². The number of rotatable bonds is 10. The summed E-state index contributed by atoms with van der Waals surface area (Å²) in [7, 11) is 0. The van der Waals surface area contributed by atoms with E-state index in [4.69, 9.17) is 0 Å². The van der Waals surface area contributed by atoms with Crippen LogP contribution in [0.5, 0.6) is 0 Å². The van der Waals surface area contributed by atoms with Gasteiger partial charge in [-0.1, -0.05) is 30.3 Å². The van der Waals surface area contributed by atoms with Crippen LogP contribution < -0.4 is 21.3 Å². The predicted octanol–water partition coefficient (Wildman–Crippen LogP) is -1.47. The second-order valence-corrected chi connectivity index (χ2v) is 7.21. The van der Waals surface area contributed by atoms with Crippen molar-refractivity contribution >= 4 is 23.7 Å². The highest BCUT2D eigenvalue weighted by Gasteiger charge is 2.29. The van der Waals surface area contributed by atoms with Crippen molar-refractivity contribution in [3.8, 4) is 0 Å². The first-order valence-corrected chi connectivity index (χ1v) is 9.84. The third kappa shape index (κ3) is 6.82. The van der Waals surface area contributed by atoms with Gasteiger partial charge in [-0.15, -0.1) is 0 Å². The number of aliphatic hydroxyl groups is 1. The average molecular weight is 420 g/mol. The molecule has 10 heteroatoms. The number of hydrogen-bond donors (Lipinski definition) is 6. The van der Waals surface area contributed by atoms with Gasteiger partial charge in [0.2, 0.25) is 17.7 Å². The SMILES string of the molecule is CC(NC(=O)C1CCCN1)C(=O)NC(CO)C(=O)NC(Cc1ccccc1)C(=O)O. The van der Waals surface area contributed by atoms with E-state index in [0.717, 1.165) is 13.0 Å². The molecule has 3 amide bonds. The molecule has 0 bridgehead atoms. The van der Waals surface area contributed by atoms with E-state index in [0.29, 0.717) is 12.0 Å². The summed E-state index contributed by atoms with van der Waals surface area (Å²) in [6, 6.07) is 4.90. The molecule has 6 N–H and O–H groups in total. The zero-order valence-electron chi connectivity index (χ0n) is 16.8. The van der Waals surface area contributed by atoms with Gasteiger partial charge in [0.1, 0.15) is 18.1 Å². The summed E-state index contributed by atoms with van der Waals surface area (Å²) in [4.78, 5) is 48.4. The second-order valence-electron chi connectivity index (χ2n) is 7.21. The Labute approximate surface area is 174 Å². The largest absolute Gasteiger partial charge is 0.480 e. The molecule has 10 nitrogen and oxygen atoms in total. The number of carboxylic acid groups (broad SMARTS) is 1. The van der Waals surface area contributed by atoms with E-state index in [-0.39, 0.29) is 18.4 Å². The second kappa shape index (κ2) is 11.3. The van der Waals surface area contributed by atoms with Crippen LogP contribution in [0.1, 0.15) is 25.3 Å². The van der Waals surface area contributed by atoms with Crippen LogP contribution >= 0.6 is 0 Å². The van der Waals surface area contributed by atoms with Gasteiger partial charge < -0.3 is 31.5 Å². The monoisotopic (exact) mass is 420 g/mol. The molecule has 4 unspecified atom stereocenters. The van der Waals surface area contributed by atoms with Crippen LogP contribution in [0.15, 0.2) is 30.3 Å². The minimum Gasteiger partial charge on any atom is -0.480 e. The third-order valence-corrected chi connectivity index (χ3v) is 4.84. The van der Waals surface area contributed by atoms with Crippen LogP contribution in [0.25, 0.3) is 0 Å². The first-order chi connectivity index (χ1) is 14.3. The van der Waals surface area contributed by atoms with Crippen LogP contribution in [0.3, 0.4) is 0 Å². The average Bonchev–Trinajstić information content (AvgIpc) is 3.26. The van der Waals surface area contributed by atoms with Crippen molar-refractivity contribution in [2.45, 2.75) is 50.4 Å². The predicted molar refractivity (Wildman–Crippen MR) is 107 cm³/mol. The maximum absolute atomic E-state index is 12.4. The Kier molecular flexibility index (Phi) is 8.75.